The van der Waals surface area contributed by atoms with E-state index in [0.717, 1.165) is 11.6 Å². The van der Waals surface area contributed by atoms with Crippen LogP contribution in [0.3, 0.4) is 0 Å². The Balaban J connectivity index is 2.40. The zero-order chi connectivity index (χ0) is 14.7. The average molecular weight is 271 g/mol. The molecule has 0 saturated carbocycles. The summed E-state index contributed by atoms with van der Waals surface area (Å²) in [6, 6.07) is 10.1. The normalized spacial score (nSPS) is 9.85. The van der Waals surface area contributed by atoms with Crippen molar-refractivity contribution in [3.05, 3.63) is 58.9 Å². The van der Waals surface area contributed by atoms with Gasteiger partial charge < -0.3 is 9.84 Å². The summed E-state index contributed by atoms with van der Waals surface area (Å²) >= 11 is 0. The molecule has 4 nitrogen and oxygen atoms in total. The Kier molecular flexibility index (Phi) is 3.67. The molecule has 0 bridgehead atoms. The van der Waals surface area contributed by atoms with Crippen LogP contribution in [0.4, 0.5) is 4.39 Å². The molecule has 1 N–H and O–H groups in total. The molecule has 0 aliphatic rings. The molecule has 5 heteroatoms. The molecule has 0 fully saturated rings. The van der Waals surface area contributed by atoms with Crippen molar-refractivity contribution in [1.29, 1.82) is 5.26 Å². The number of carbonyl (C=O) groups is 1. The zero-order valence-electron chi connectivity index (χ0n) is 10.6. The van der Waals surface area contributed by atoms with E-state index < -0.39 is 11.8 Å². The van der Waals surface area contributed by atoms with E-state index in [2.05, 4.69) is 0 Å². The van der Waals surface area contributed by atoms with E-state index in [1.807, 2.05) is 0 Å². The van der Waals surface area contributed by atoms with Crippen LogP contribution in [0.25, 0.3) is 0 Å². The fourth-order valence-corrected chi connectivity index (χ4v) is 1.67. The van der Waals surface area contributed by atoms with Crippen molar-refractivity contribution in [2.45, 2.75) is 6.92 Å². The SMILES string of the molecule is Cc1ccc(Oc2ccc(C#N)cc2F)c(C(=O)O)c1. The van der Waals surface area contributed by atoms with E-state index in [9.17, 15) is 9.18 Å². The van der Waals surface area contributed by atoms with Gasteiger partial charge in [-0.15, -0.1) is 0 Å². The zero-order valence-corrected chi connectivity index (χ0v) is 10.6. The van der Waals surface area contributed by atoms with Gasteiger partial charge >= 0.3 is 5.97 Å². The Morgan fingerprint density at radius 3 is 2.55 bits per heavy atom. The fraction of sp³-hybridized carbons (Fsp3) is 0.0667. The molecule has 2 aromatic rings. The highest BCUT2D eigenvalue weighted by atomic mass is 19.1. The number of ether oxygens (including phenoxy) is 1. The third kappa shape index (κ3) is 2.75. The molecule has 100 valence electrons. The molecule has 0 unspecified atom stereocenters. The lowest BCUT2D eigenvalue weighted by Gasteiger charge is -2.10. The van der Waals surface area contributed by atoms with Crippen LogP contribution >= 0.6 is 0 Å². The van der Waals surface area contributed by atoms with Crippen LogP contribution in [0.2, 0.25) is 0 Å². The molecule has 20 heavy (non-hydrogen) atoms. The second kappa shape index (κ2) is 5.41. The van der Waals surface area contributed by atoms with Gasteiger partial charge in [0.15, 0.2) is 11.6 Å². The Labute approximate surface area is 114 Å². The second-order valence-corrected chi connectivity index (χ2v) is 4.16. The van der Waals surface area contributed by atoms with Crippen molar-refractivity contribution in [1.82, 2.24) is 0 Å². The van der Waals surface area contributed by atoms with Gasteiger partial charge in [-0.3, -0.25) is 0 Å². The first-order valence-electron chi connectivity index (χ1n) is 5.72. The highest BCUT2D eigenvalue weighted by molar-refractivity contribution is 5.91. The number of aromatic carboxylic acids is 1. The van der Waals surface area contributed by atoms with Gasteiger partial charge in [-0.2, -0.15) is 5.26 Å². The van der Waals surface area contributed by atoms with Gasteiger partial charge in [0.05, 0.1) is 11.6 Å². The standard InChI is InChI=1S/C15H10FNO3/c1-9-2-4-13(11(6-9)15(18)19)20-14-5-3-10(8-17)7-12(14)16/h2-7H,1H3,(H,18,19). The number of hydrogen-bond acceptors (Lipinski definition) is 3. The molecule has 0 aromatic heterocycles. The molecule has 0 saturated heterocycles. The number of rotatable bonds is 3. The smallest absolute Gasteiger partial charge is 0.339 e. The maximum absolute atomic E-state index is 13.7. The third-order valence-electron chi connectivity index (χ3n) is 2.65. The molecule has 0 aliphatic heterocycles. The molecule has 0 spiro atoms. The van der Waals surface area contributed by atoms with Gasteiger partial charge in [-0.05, 0) is 37.3 Å². The first-order valence-corrected chi connectivity index (χ1v) is 5.72. The van der Waals surface area contributed by atoms with Crippen LogP contribution in [-0.2, 0) is 0 Å². The van der Waals surface area contributed by atoms with E-state index in [1.54, 1.807) is 19.1 Å². The predicted octanol–water partition coefficient (Wildman–Crippen LogP) is 3.50. The Bertz CT molecular complexity index is 720. The monoisotopic (exact) mass is 271 g/mol. The summed E-state index contributed by atoms with van der Waals surface area (Å²) in [4.78, 5) is 11.1. The average Bonchev–Trinajstić information content (AvgIpc) is 2.42. The Hall–Kier alpha value is -2.87. The lowest BCUT2D eigenvalue weighted by Crippen LogP contribution is -2.01. The number of halogens is 1. The van der Waals surface area contributed by atoms with Crippen LogP contribution < -0.4 is 4.74 Å². The maximum Gasteiger partial charge on any atom is 0.339 e. The summed E-state index contributed by atoms with van der Waals surface area (Å²) < 4.78 is 19.0. The highest BCUT2D eigenvalue weighted by Crippen LogP contribution is 2.28. The van der Waals surface area contributed by atoms with Crippen molar-refractivity contribution < 1.29 is 19.0 Å². The number of nitriles is 1. The summed E-state index contributed by atoms with van der Waals surface area (Å²) in [7, 11) is 0. The quantitative estimate of drug-likeness (QED) is 0.927. The molecule has 0 heterocycles. The number of carboxylic acids is 1. The molecule has 2 rings (SSSR count). The summed E-state index contributed by atoms with van der Waals surface area (Å²) in [5.74, 6) is -1.96. The molecule has 0 amide bonds. The molecule has 0 aliphatic carbocycles. The van der Waals surface area contributed by atoms with Gasteiger partial charge in [0.2, 0.25) is 0 Å². The summed E-state index contributed by atoms with van der Waals surface area (Å²) in [6.07, 6.45) is 0. The minimum Gasteiger partial charge on any atom is -0.478 e. The van der Waals surface area contributed by atoms with Gasteiger partial charge in [0, 0.05) is 0 Å². The van der Waals surface area contributed by atoms with Crippen LogP contribution in [0.5, 0.6) is 11.5 Å². The molecular weight excluding hydrogens is 261 g/mol. The summed E-state index contributed by atoms with van der Waals surface area (Å²) in [5, 5.41) is 17.8. The van der Waals surface area contributed by atoms with E-state index >= 15 is 0 Å². The van der Waals surface area contributed by atoms with Gasteiger partial charge in [-0.25, -0.2) is 9.18 Å². The van der Waals surface area contributed by atoms with Crippen LogP contribution in [-0.4, -0.2) is 11.1 Å². The highest BCUT2D eigenvalue weighted by Gasteiger charge is 2.14. The van der Waals surface area contributed by atoms with E-state index in [-0.39, 0.29) is 22.6 Å². The van der Waals surface area contributed by atoms with Gasteiger partial charge in [0.25, 0.3) is 0 Å². The lowest BCUT2D eigenvalue weighted by molar-refractivity contribution is 0.0694. The number of aryl methyl sites for hydroxylation is 1. The molecular formula is C15H10FNO3. The van der Waals surface area contributed by atoms with Crippen molar-refractivity contribution in [3.63, 3.8) is 0 Å². The summed E-state index contributed by atoms with van der Waals surface area (Å²) in [6.45, 7) is 1.75. The van der Waals surface area contributed by atoms with Crippen molar-refractivity contribution >= 4 is 5.97 Å². The summed E-state index contributed by atoms with van der Waals surface area (Å²) in [5.41, 5.74) is 0.876. The lowest BCUT2D eigenvalue weighted by atomic mass is 10.1. The van der Waals surface area contributed by atoms with Crippen LogP contribution in [0.15, 0.2) is 36.4 Å². The van der Waals surface area contributed by atoms with Crippen LogP contribution in [0, 0.1) is 24.1 Å². The second-order valence-electron chi connectivity index (χ2n) is 4.16. The number of benzene rings is 2. The van der Waals surface area contributed by atoms with Gasteiger partial charge in [-0.1, -0.05) is 11.6 Å². The number of carboxylic acid groups (broad SMARTS) is 1. The number of hydrogen-bond donors (Lipinski definition) is 1. The van der Waals surface area contributed by atoms with E-state index in [4.69, 9.17) is 15.1 Å². The van der Waals surface area contributed by atoms with Gasteiger partial charge in [0.1, 0.15) is 11.3 Å². The largest absolute Gasteiger partial charge is 0.478 e. The van der Waals surface area contributed by atoms with Crippen LogP contribution in [0.1, 0.15) is 21.5 Å². The minimum absolute atomic E-state index is 0.0474. The first kappa shape index (κ1) is 13.6. The first-order chi connectivity index (χ1) is 9.51. The maximum atomic E-state index is 13.7. The number of nitrogens with zero attached hydrogens (tertiary/aromatic N) is 1. The fourth-order valence-electron chi connectivity index (χ4n) is 1.67. The van der Waals surface area contributed by atoms with Crippen molar-refractivity contribution in [2.75, 3.05) is 0 Å². The Morgan fingerprint density at radius 1 is 1.25 bits per heavy atom. The molecule has 2 aromatic carbocycles. The minimum atomic E-state index is -1.15. The van der Waals surface area contributed by atoms with Crippen molar-refractivity contribution in [2.24, 2.45) is 0 Å². The molecule has 0 atom stereocenters. The van der Waals surface area contributed by atoms with Crippen molar-refractivity contribution in [3.8, 4) is 17.6 Å². The van der Waals surface area contributed by atoms with E-state index in [0.29, 0.717) is 0 Å². The molecule has 0 radical (unpaired) electrons. The van der Waals surface area contributed by atoms with E-state index in [1.165, 1.54) is 24.3 Å². The Morgan fingerprint density at radius 2 is 1.95 bits per heavy atom. The topological polar surface area (TPSA) is 70.3 Å². The third-order valence-corrected chi connectivity index (χ3v) is 2.65. The predicted molar refractivity (Wildman–Crippen MR) is 69.3 cm³/mol.